The molecule has 1 fully saturated rings. The first-order valence-electron chi connectivity index (χ1n) is 9.35. The largest absolute Gasteiger partial charge is 0.490 e. The van der Waals surface area contributed by atoms with Gasteiger partial charge in [-0.1, -0.05) is 0 Å². The Balaban J connectivity index is 1.50. The third kappa shape index (κ3) is 2.91. The van der Waals surface area contributed by atoms with Crippen LogP contribution in [0.4, 0.5) is 0 Å². The lowest BCUT2D eigenvalue weighted by Crippen LogP contribution is -2.29. The van der Waals surface area contributed by atoms with E-state index in [0.29, 0.717) is 12.7 Å². The van der Waals surface area contributed by atoms with Crippen molar-refractivity contribution in [3.8, 4) is 11.5 Å². The molecule has 3 atom stereocenters. The van der Waals surface area contributed by atoms with Crippen molar-refractivity contribution in [2.24, 2.45) is 0 Å². The molecule has 3 aliphatic rings. The van der Waals surface area contributed by atoms with E-state index in [1.165, 1.54) is 28.7 Å². The molecule has 0 N–H and O–H groups in total. The number of benzene rings is 1. The second kappa shape index (κ2) is 6.57. The Kier molecular flexibility index (Phi) is 4.44. The van der Waals surface area contributed by atoms with Gasteiger partial charge < -0.3 is 18.9 Å². The van der Waals surface area contributed by atoms with Crippen LogP contribution < -0.4 is 9.47 Å². The van der Waals surface area contributed by atoms with Crippen LogP contribution in [0.15, 0.2) is 0 Å². The van der Waals surface area contributed by atoms with Crippen LogP contribution in [0.1, 0.15) is 54.9 Å². The summed E-state index contributed by atoms with van der Waals surface area (Å²) in [6.45, 7) is 7.87. The lowest BCUT2D eigenvalue weighted by Gasteiger charge is -2.27. The summed E-state index contributed by atoms with van der Waals surface area (Å²) in [5, 5.41) is 0. The first kappa shape index (κ1) is 16.2. The Morgan fingerprint density at radius 3 is 2.54 bits per heavy atom. The van der Waals surface area contributed by atoms with Gasteiger partial charge in [0.05, 0.1) is 12.7 Å². The maximum Gasteiger partial charge on any atom is 0.157 e. The van der Waals surface area contributed by atoms with Gasteiger partial charge in [-0.3, -0.25) is 0 Å². The molecule has 132 valence electrons. The van der Waals surface area contributed by atoms with Gasteiger partial charge in [-0.05, 0) is 64.0 Å². The lowest BCUT2D eigenvalue weighted by atomic mass is 9.90. The van der Waals surface area contributed by atoms with Gasteiger partial charge >= 0.3 is 0 Å². The highest BCUT2D eigenvalue weighted by molar-refractivity contribution is 5.60. The normalized spacial score (nSPS) is 28.7. The molecule has 0 spiro atoms. The molecule has 0 bridgehead atoms. The predicted octanol–water partition coefficient (Wildman–Crippen LogP) is 3.86. The third-order valence-electron chi connectivity index (χ3n) is 5.60. The van der Waals surface area contributed by atoms with E-state index in [2.05, 4.69) is 20.8 Å². The Morgan fingerprint density at radius 2 is 1.79 bits per heavy atom. The SMILES string of the molecule is Cc1c(C)c2c(c3c1OC(C)CC3)CC(COC1CCCCO1)O2. The first-order valence-corrected chi connectivity index (χ1v) is 9.35. The standard InChI is InChI=1S/C20H28O4/c1-12-7-8-16-17-10-15(11-22-18-6-4-5-9-21-18)24-20(17)14(3)13(2)19(16)23-12/h12,15,18H,4-11H2,1-3H3. The van der Waals surface area contributed by atoms with Gasteiger partial charge in [0.2, 0.25) is 0 Å². The second-order valence-corrected chi connectivity index (χ2v) is 7.41. The van der Waals surface area contributed by atoms with Gasteiger partial charge in [-0.25, -0.2) is 0 Å². The van der Waals surface area contributed by atoms with Crippen LogP contribution in [-0.2, 0) is 22.3 Å². The van der Waals surface area contributed by atoms with Crippen molar-refractivity contribution in [2.45, 2.75) is 77.8 Å². The van der Waals surface area contributed by atoms with Crippen LogP contribution in [0.5, 0.6) is 11.5 Å². The molecule has 0 amide bonds. The van der Waals surface area contributed by atoms with Crippen molar-refractivity contribution < 1.29 is 18.9 Å². The fourth-order valence-electron chi connectivity index (χ4n) is 4.06. The fourth-order valence-corrected chi connectivity index (χ4v) is 4.06. The maximum atomic E-state index is 6.27. The molecule has 24 heavy (non-hydrogen) atoms. The summed E-state index contributed by atoms with van der Waals surface area (Å²) in [7, 11) is 0. The van der Waals surface area contributed by atoms with Gasteiger partial charge in [0.15, 0.2) is 6.29 Å². The smallest absolute Gasteiger partial charge is 0.157 e. The topological polar surface area (TPSA) is 36.9 Å². The molecule has 4 nitrogen and oxygen atoms in total. The van der Waals surface area contributed by atoms with Crippen molar-refractivity contribution in [3.63, 3.8) is 0 Å². The van der Waals surface area contributed by atoms with Crippen LogP contribution in [0.3, 0.4) is 0 Å². The summed E-state index contributed by atoms with van der Waals surface area (Å²) in [6.07, 6.45) is 6.77. The van der Waals surface area contributed by atoms with E-state index in [1.807, 2.05) is 0 Å². The molecule has 0 aliphatic carbocycles. The van der Waals surface area contributed by atoms with Crippen LogP contribution in [-0.4, -0.2) is 31.7 Å². The average molecular weight is 332 g/mol. The van der Waals surface area contributed by atoms with Crippen LogP contribution >= 0.6 is 0 Å². The zero-order valence-corrected chi connectivity index (χ0v) is 15.0. The summed E-state index contributed by atoms with van der Waals surface area (Å²) in [4.78, 5) is 0. The Hall–Kier alpha value is -1.26. The number of fused-ring (bicyclic) bond motifs is 3. The fraction of sp³-hybridized carbons (Fsp3) is 0.700. The monoisotopic (exact) mass is 332 g/mol. The Morgan fingerprint density at radius 1 is 1.00 bits per heavy atom. The zero-order chi connectivity index (χ0) is 16.7. The van der Waals surface area contributed by atoms with Gasteiger partial charge in [-0.2, -0.15) is 0 Å². The molecule has 4 rings (SSSR count). The molecule has 4 heteroatoms. The quantitative estimate of drug-likeness (QED) is 0.842. The maximum absolute atomic E-state index is 6.27. The van der Waals surface area contributed by atoms with Gasteiger partial charge in [-0.15, -0.1) is 0 Å². The molecule has 3 unspecified atom stereocenters. The first-order chi connectivity index (χ1) is 11.6. The molecule has 0 radical (unpaired) electrons. The van der Waals surface area contributed by atoms with E-state index >= 15 is 0 Å². The van der Waals surface area contributed by atoms with Crippen molar-refractivity contribution in [2.75, 3.05) is 13.2 Å². The van der Waals surface area contributed by atoms with E-state index in [-0.39, 0.29) is 12.4 Å². The molecule has 3 aliphatic heterocycles. The van der Waals surface area contributed by atoms with E-state index in [9.17, 15) is 0 Å². The van der Waals surface area contributed by atoms with E-state index < -0.39 is 0 Å². The van der Waals surface area contributed by atoms with Crippen molar-refractivity contribution >= 4 is 0 Å². The molecule has 1 saturated heterocycles. The third-order valence-corrected chi connectivity index (χ3v) is 5.60. The van der Waals surface area contributed by atoms with Crippen molar-refractivity contribution in [1.29, 1.82) is 0 Å². The molecule has 1 aromatic rings. The highest BCUT2D eigenvalue weighted by atomic mass is 16.7. The molecule has 0 aromatic heterocycles. The number of ether oxygens (including phenoxy) is 4. The molecular formula is C20H28O4. The summed E-state index contributed by atoms with van der Waals surface area (Å²) in [5.74, 6) is 2.17. The number of hydrogen-bond donors (Lipinski definition) is 0. The van der Waals surface area contributed by atoms with E-state index in [4.69, 9.17) is 18.9 Å². The Labute approximate surface area is 144 Å². The van der Waals surface area contributed by atoms with Crippen LogP contribution in [0, 0.1) is 13.8 Å². The van der Waals surface area contributed by atoms with Crippen molar-refractivity contribution in [1.82, 2.24) is 0 Å². The summed E-state index contributed by atoms with van der Waals surface area (Å²) < 4.78 is 24.0. The minimum atomic E-state index is -0.0491. The minimum absolute atomic E-state index is 0.0491. The van der Waals surface area contributed by atoms with Crippen LogP contribution in [0.25, 0.3) is 0 Å². The van der Waals surface area contributed by atoms with E-state index in [1.54, 1.807) is 0 Å². The zero-order valence-electron chi connectivity index (χ0n) is 15.0. The predicted molar refractivity (Wildman–Crippen MR) is 92.0 cm³/mol. The summed E-state index contributed by atoms with van der Waals surface area (Å²) in [5.41, 5.74) is 5.16. The van der Waals surface area contributed by atoms with Gasteiger partial charge in [0.1, 0.15) is 17.6 Å². The Bertz CT molecular complexity index is 619. The molecule has 1 aromatic carbocycles. The summed E-state index contributed by atoms with van der Waals surface area (Å²) in [6, 6.07) is 0. The minimum Gasteiger partial charge on any atom is -0.490 e. The average Bonchev–Trinajstić information content (AvgIpc) is 3.03. The molecule has 3 heterocycles. The van der Waals surface area contributed by atoms with Gasteiger partial charge in [0.25, 0.3) is 0 Å². The summed E-state index contributed by atoms with van der Waals surface area (Å²) >= 11 is 0. The molecule has 0 saturated carbocycles. The highest BCUT2D eigenvalue weighted by Gasteiger charge is 2.33. The highest BCUT2D eigenvalue weighted by Crippen LogP contribution is 2.45. The number of rotatable bonds is 3. The number of hydrogen-bond acceptors (Lipinski definition) is 4. The van der Waals surface area contributed by atoms with Crippen molar-refractivity contribution in [3.05, 3.63) is 22.3 Å². The second-order valence-electron chi connectivity index (χ2n) is 7.41. The van der Waals surface area contributed by atoms with Crippen LogP contribution in [0.2, 0.25) is 0 Å². The molecular weight excluding hydrogens is 304 g/mol. The van der Waals surface area contributed by atoms with Gasteiger partial charge in [0, 0.05) is 24.2 Å². The van der Waals surface area contributed by atoms with E-state index in [0.717, 1.165) is 50.2 Å². The lowest BCUT2D eigenvalue weighted by molar-refractivity contribution is -0.171.